The van der Waals surface area contributed by atoms with Gasteiger partial charge in [0.05, 0.1) is 24.9 Å². The number of β-amino-alcohol motifs (C(OH)–C–C–N with tert-alkyl or cyclic N) is 1. The van der Waals surface area contributed by atoms with Gasteiger partial charge in [0.2, 0.25) is 5.91 Å². The molecule has 1 aromatic carbocycles. The highest BCUT2D eigenvalue weighted by Crippen LogP contribution is 2.12. The minimum atomic E-state index is -0.502. The normalized spacial score (nSPS) is 18.7. The average molecular weight is 367 g/mol. The Bertz CT molecular complexity index is 577. The number of ether oxygens (including phenoxy) is 1. The smallest absolute Gasteiger partial charge is 0.241 e. The van der Waals surface area contributed by atoms with Gasteiger partial charge in [0.1, 0.15) is 5.82 Å². The van der Waals surface area contributed by atoms with Crippen LogP contribution in [0.4, 0.5) is 10.1 Å². The highest BCUT2D eigenvalue weighted by Gasteiger charge is 2.26. The molecule has 2 rings (SSSR count). The quantitative estimate of drug-likeness (QED) is 0.730. The van der Waals surface area contributed by atoms with E-state index in [9.17, 15) is 14.3 Å². The van der Waals surface area contributed by atoms with Crippen LogP contribution in [0.2, 0.25) is 0 Å². The van der Waals surface area contributed by atoms with Crippen molar-refractivity contribution < 1.29 is 19.0 Å². The summed E-state index contributed by atoms with van der Waals surface area (Å²) < 4.78 is 18.7. The predicted molar refractivity (Wildman–Crippen MR) is 99.6 cm³/mol. The van der Waals surface area contributed by atoms with Crippen LogP contribution < -0.4 is 5.32 Å². The number of nitrogens with one attached hydrogen (secondary N) is 1. The number of rotatable bonds is 8. The first-order valence-electron chi connectivity index (χ1n) is 9.17. The zero-order chi connectivity index (χ0) is 19.1. The summed E-state index contributed by atoms with van der Waals surface area (Å²) >= 11 is 0. The van der Waals surface area contributed by atoms with E-state index < -0.39 is 6.10 Å². The molecule has 1 fully saturated rings. The highest BCUT2D eigenvalue weighted by atomic mass is 19.1. The standard InChI is InChI=1S/C19H30FN3O3/c1-14(2)26-13-18(24)12-22-7-9-23(10-8-22)15(3)19(25)21-17-6-4-5-16(20)11-17/h4-6,11,14-15,18,24H,7-10,12-13H2,1-3H3,(H,21,25). The van der Waals surface area contributed by atoms with Gasteiger partial charge in [-0.05, 0) is 39.0 Å². The Labute approximate surface area is 154 Å². The Balaban J connectivity index is 1.75. The predicted octanol–water partition coefficient (Wildman–Crippen LogP) is 1.56. The summed E-state index contributed by atoms with van der Waals surface area (Å²) in [5, 5.41) is 12.8. The summed E-state index contributed by atoms with van der Waals surface area (Å²) in [6.07, 6.45) is -0.392. The fourth-order valence-corrected chi connectivity index (χ4v) is 2.97. The number of halogens is 1. The molecule has 1 amide bonds. The number of carbonyl (C=O) groups excluding carboxylic acids is 1. The molecule has 6 nitrogen and oxygen atoms in total. The summed E-state index contributed by atoms with van der Waals surface area (Å²) in [5.41, 5.74) is 0.466. The Hall–Kier alpha value is -1.54. The van der Waals surface area contributed by atoms with Crippen LogP contribution in [0.1, 0.15) is 20.8 Å². The van der Waals surface area contributed by atoms with Crippen molar-refractivity contribution in [2.45, 2.75) is 39.0 Å². The van der Waals surface area contributed by atoms with E-state index in [1.165, 1.54) is 12.1 Å². The lowest BCUT2D eigenvalue weighted by atomic mass is 10.2. The van der Waals surface area contributed by atoms with Crippen molar-refractivity contribution in [3.63, 3.8) is 0 Å². The minimum absolute atomic E-state index is 0.110. The lowest BCUT2D eigenvalue weighted by Crippen LogP contribution is -2.54. The van der Waals surface area contributed by atoms with Crippen LogP contribution in [0.3, 0.4) is 0 Å². The molecule has 26 heavy (non-hydrogen) atoms. The Morgan fingerprint density at radius 1 is 1.27 bits per heavy atom. The number of nitrogens with zero attached hydrogens (tertiary/aromatic N) is 2. The maximum absolute atomic E-state index is 13.2. The summed E-state index contributed by atoms with van der Waals surface area (Å²) in [6, 6.07) is 5.60. The van der Waals surface area contributed by atoms with E-state index in [1.807, 2.05) is 20.8 Å². The molecule has 1 saturated heterocycles. The topological polar surface area (TPSA) is 65.0 Å². The molecule has 1 aliphatic heterocycles. The number of aliphatic hydroxyl groups is 1. The van der Waals surface area contributed by atoms with Crippen LogP contribution in [-0.4, -0.2) is 78.4 Å². The number of amides is 1. The maximum atomic E-state index is 13.2. The van der Waals surface area contributed by atoms with E-state index in [0.29, 0.717) is 18.8 Å². The molecule has 2 unspecified atom stereocenters. The molecule has 7 heteroatoms. The second kappa shape index (κ2) is 9.97. The molecule has 1 aliphatic rings. The van der Waals surface area contributed by atoms with E-state index in [4.69, 9.17) is 4.74 Å². The van der Waals surface area contributed by atoms with E-state index in [2.05, 4.69) is 15.1 Å². The van der Waals surface area contributed by atoms with Crippen LogP contribution >= 0.6 is 0 Å². The monoisotopic (exact) mass is 367 g/mol. The molecule has 0 aromatic heterocycles. The summed E-state index contributed by atoms with van der Waals surface area (Å²) in [7, 11) is 0. The number of aliphatic hydroxyl groups excluding tert-OH is 1. The molecule has 0 saturated carbocycles. The van der Waals surface area contributed by atoms with Crippen molar-refractivity contribution in [1.82, 2.24) is 9.80 Å². The van der Waals surface area contributed by atoms with Crippen LogP contribution in [0, 0.1) is 5.82 Å². The van der Waals surface area contributed by atoms with Crippen molar-refractivity contribution in [3.05, 3.63) is 30.1 Å². The van der Waals surface area contributed by atoms with Crippen LogP contribution in [0.25, 0.3) is 0 Å². The van der Waals surface area contributed by atoms with Crippen LogP contribution in [0.5, 0.6) is 0 Å². The lowest BCUT2D eigenvalue weighted by molar-refractivity contribution is -0.121. The van der Waals surface area contributed by atoms with Crippen molar-refractivity contribution in [1.29, 1.82) is 0 Å². The van der Waals surface area contributed by atoms with Crippen LogP contribution in [-0.2, 0) is 9.53 Å². The largest absolute Gasteiger partial charge is 0.389 e. The fourth-order valence-electron chi connectivity index (χ4n) is 2.97. The number of piperazine rings is 1. The third-order valence-corrected chi connectivity index (χ3v) is 4.52. The molecule has 0 bridgehead atoms. The lowest BCUT2D eigenvalue weighted by Gasteiger charge is -2.38. The maximum Gasteiger partial charge on any atom is 0.241 e. The van der Waals surface area contributed by atoms with Crippen molar-refractivity contribution in [3.8, 4) is 0 Å². The summed E-state index contributed by atoms with van der Waals surface area (Å²) in [4.78, 5) is 16.7. The zero-order valence-corrected chi connectivity index (χ0v) is 15.8. The first-order chi connectivity index (χ1) is 12.3. The first-order valence-corrected chi connectivity index (χ1v) is 9.17. The SMILES string of the molecule is CC(C)OCC(O)CN1CCN(C(C)C(=O)Nc2cccc(F)c2)CC1. The van der Waals surface area contributed by atoms with Gasteiger partial charge in [0.25, 0.3) is 0 Å². The third-order valence-electron chi connectivity index (χ3n) is 4.52. The molecule has 1 heterocycles. The Morgan fingerprint density at radius 3 is 2.58 bits per heavy atom. The zero-order valence-electron chi connectivity index (χ0n) is 15.8. The van der Waals surface area contributed by atoms with Gasteiger partial charge < -0.3 is 15.2 Å². The molecule has 0 aliphatic carbocycles. The molecule has 0 radical (unpaired) electrons. The summed E-state index contributed by atoms with van der Waals surface area (Å²) in [6.45, 7) is 9.73. The van der Waals surface area contributed by atoms with Crippen molar-refractivity contribution >= 4 is 11.6 Å². The number of carbonyl (C=O) groups is 1. The number of anilines is 1. The van der Waals surface area contributed by atoms with Crippen LogP contribution in [0.15, 0.2) is 24.3 Å². The van der Waals surface area contributed by atoms with Gasteiger partial charge in [-0.3, -0.25) is 14.6 Å². The minimum Gasteiger partial charge on any atom is -0.389 e. The molecule has 146 valence electrons. The second-order valence-electron chi connectivity index (χ2n) is 7.05. The third kappa shape index (κ3) is 6.64. The fraction of sp³-hybridized carbons (Fsp3) is 0.632. The molecular formula is C19H30FN3O3. The van der Waals surface area contributed by atoms with Crippen molar-refractivity contribution in [2.24, 2.45) is 0 Å². The highest BCUT2D eigenvalue weighted by molar-refractivity contribution is 5.94. The molecule has 2 N–H and O–H groups in total. The second-order valence-corrected chi connectivity index (χ2v) is 7.05. The van der Waals surface area contributed by atoms with Gasteiger partial charge in [0, 0.05) is 38.4 Å². The average Bonchev–Trinajstić information content (AvgIpc) is 2.60. The van der Waals surface area contributed by atoms with Gasteiger partial charge in [0.15, 0.2) is 0 Å². The van der Waals surface area contributed by atoms with Gasteiger partial charge in [-0.25, -0.2) is 4.39 Å². The van der Waals surface area contributed by atoms with E-state index in [-0.39, 0.29) is 23.9 Å². The van der Waals surface area contributed by atoms with Gasteiger partial charge in [-0.1, -0.05) is 6.07 Å². The van der Waals surface area contributed by atoms with Gasteiger partial charge in [-0.15, -0.1) is 0 Å². The van der Waals surface area contributed by atoms with Gasteiger partial charge in [-0.2, -0.15) is 0 Å². The molecular weight excluding hydrogens is 337 g/mol. The number of hydrogen-bond donors (Lipinski definition) is 2. The molecule has 2 atom stereocenters. The summed E-state index contributed by atoms with van der Waals surface area (Å²) in [5.74, 6) is -0.515. The van der Waals surface area contributed by atoms with Crippen molar-refractivity contribution in [2.75, 3.05) is 44.6 Å². The van der Waals surface area contributed by atoms with E-state index >= 15 is 0 Å². The van der Waals surface area contributed by atoms with E-state index in [0.717, 1.165) is 26.2 Å². The molecule has 0 spiro atoms. The number of hydrogen-bond acceptors (Lipinski definition) is 5. The number of benzene rings is 1. The van der Waals surface area contributed by atoms with E-state index in [1.54, 1.807) is 12.1 Å². The van der Waals surface area contributed by atoms with Gasteiger partial charge >= 0.3 is 0 Å². The molecule has 1 aromatic rings. The Morgan fingerprint density at radius 2 is 1.96 bits per heavy atom. The Kier molecular flexibility index (Phi) is 7.96. The first kappa shape index (κ1) is 20.8.